The predicted molar refractivity (Wildman–Crippen MR) is 79.0 cm³/mol. The Morgan fingerprint density at radius 1 is 1.39 bits per heavy atom. The fourth-order valence-electron chi connectivity index (χ4n) is 2.01. The van der Waals surface area contributed by atoms with Crippen molar-refractivity contribution in [3.05, 3.63) is 34.4 Å². The number of nitrogen functional groups attached to an aromatic ring is 1. The summed E-state index contributed by atoms with van der Waals surface area (Å²) in [6.45, 7) is 1.47. The van der Waals surface area contributed by atoms with Crippen LogP contribution in [0.15, 0.2) is 12.1 Å². The predicted octanol–water partition coefficient (Wildman–Crippen LogP) is 3.64. The fourth-order valence-corrected chi connectivity index (χ4v) is 2.14. The maximum Gasteiger partial charge on any atom is 0.512 e. The maximum absolute atomic E-state index is 14.5. The van der Waals surface area contributed by atoms with Crippen LogP contribution in [-0.2, 0) is 0 Å². The summed E-state index contributed by atoms with van der Waals surface area (Å²) in [4.78, 5) is 14.3. The van der Waals surface area contributed by atoms with Crippen LogP contribution in [0.25, 0.3) is 11.3 Å². The molecule has 0 bridgehead atoms. The third kappa shape index (κ3) is 3.11. The van der Waals surface area contributed by atoms with Gasteiger partial charge in [-0.1, -0.05) is 11.6 Å². The van der Waals surface area contributed by atoms with Crippen molar-refractivity contribution in [1.82, 2.24) is 4.98 Å². The third-order valence-electron chi connectivity index (χ3n) is 2.96. The molecule has 2 aromatic rings. The van der Waals surface area contributed by atoms with Gasteiger partial charge in [0.15, 0.2) is 11.6 Å². The fraction of sp³-hybridized carbons (Fsp3) is 0.143. The van der Waals surface area contributed by atoms with Crippen molar-refractivity contribution in [2.45, 2.75) is 6.92 Å². The van der Waals surface area contributed by atoms with Gasteiger partial charge in [-0.05, 0) is 24.6 Å². The molecule has 0 aliphatic heterocycles. The summed E-state index contributed by atoms with van der Waals surface area (Å²) in [5.74, 6) is -2.67. The van der Waals surface area contributed by atoms with Gasteiger partial charge < -0.3 is 20.3 Å². The molecule has 3 N–H and O–H groups in total. The summed E-state index contributed by atoms with van der Waals surface area (Å²) in [7, 11) is 1.23. The van der Waals surface area contributed by atoms with E-state index in [-0.39, 0.29) is 27.7 Å². The molecule has 0 aliphatic carbocycles. The van der Waals surface area contributed by atoms with Gasteiger partial charge in [0.2, 0.25) is 5.88 Å². The molecule has 0 radical (unpaired) electrons. The maximum atomic E-state index is 14.5. The molecule has 0 fully saturated rings. The van der Waals surface area contributed by atoms with E-state index in [4.69, 9.17) is 27.2 Å². The number of benzene rings is 1. The summed E-state index contributed by atoms with van der Waals surface area (Å²) >= 11 is 5.77. The number of ether oxygens (including phenoxy) is 2. The summed E-state index contributed by atoms with van der Waals surface area (Å²) in [5.41, 5.74) is 4.90. The molecule has 9 heteroatoms. The molecule has 0 amide bonds. The number of halogens is 3. The highest BCUT2D eigenvalue weighted by atomic mass is 35.5. The first kappa shape index (κ1) is 16.8. The van der Waals surface area contributed by atoms with Gasteiger partial charge in [-0.3, -0.25) is 0 Å². The van der Waals surface area contributed by atoms with Crippen LogP contribution in [0.1, 0.15) is 5.56 Å². The first-order chi connectivity index (χ1) is 10.8. The Morgan fingerprint density at radius 2 is 2.04 bits per heavy atom. The molecular weight excluding hydrogens is 334 g/mol. The lowest BCUT2D eigenvalue weighted by Crippen LogP contribution is -2.07. The minimum Gasteiger partial charge on any atom is -0.493 e. The zero-order chi connectivity index (χ0) is 17.3. The molecule has 0 saturated carbocycles. The van der Waals surface area contributed by atoms with E-state index >= 15 is 0 Å². The average molecular weight is 345 g/mol. The molecule has 6 nitrogen and oxygen atoms in total. The van der Waals surface area contributed by atoms with Crippen molar-refractivity contribution in [3.63, 3.8) is 0 Å². The zero-order valence-electron chi connectivity index (χ0n) is 12.0. The number of carbonyl (C=O) groups is 1. The quantitative estimate of drug-likeness (QED) is 0.825. The van der Waals surface area contributed by atoms with E-state index in [0.29, 0.717) is 0 Å². The second kappa shape index (κ2) is 6.25. The van der Waals surface area contributed by atoms with Crippen molar-refractivity contribution in [1.29, 1.82) is 0 Å². The molecule has 0 atom stereocenters. The molecule has 2 rings (SSSR count). The van der Waals surface area contributed by atoms with E-state index in [0.717, 1.165) is 12.1 Å². The summed E-state index contributed by atoms with van der Waals surface area (Å²) in [6, 6.07) is 2.16. The minimum absolute atomic E-state index is 0.147. The molecule has 0 saturated heterocycles. The highest BCUT2D eigenvalue weighted by molar-refractivity contribution is 6.34. The third-order valence-corrected chi connectivity index (χ3v) is 3.34. The Balaban J connectivity index is 2.72. The van der Waals surface area contributed by atoms with Crippen LogP contribution in [-0.4, -0.2) is 23.4 Å². The number of anilines is 1. The van der Waals surface area contributed by atoms with E-state index in [1.54, 1.807) is 0 Å². The van der Waals surface area contributed by atoms with Gasteiger partial charge in [0.25, 0.3) is 0 Å². The van der Waals surface area contributed by atoms with Crippen LogP contribution in [0.5, 0.6) is 11.6 Å². The number of aryl methyl sites for hydroxylation is 1. The number of rotatable bonds is 3. The van der Waals surface area contributed by atoms with E-state index < -0.39 is 29.2 Å². The Labute approximate surface area is 134 Å². The lowest BCUT2D eigenvalue weighted by Gasteiger charge is -2.13. The van der Waals surface area contributed by atoms with Crippen LogP contribution in [0.4, 0.5) is 19.3 Å². The second-order valence-electron chi connectivity index (χ2n) is 4.48. The number of pyridine rings is 1. The van der Waals surface area contributed by atoms with Gasteiger partial charge in [0.05, 0.1) is 24.1 Å². The van der Waals surface area contributed by atoms with Crippen molar-refractivity contribution in [2.24, 2.45) is 0 Å². The molecule has 122 valence electrons. The molecule has 1 heterocycles. The van der Waals surface area contributed by atoms with Gasteiger partial charge in [-0.2, -0.15) is 0 Å². The van der Waals surface area contributed by atoms with Crippen LogP contribution in [0.3, 0.4) is 0 Å². The molecular formula is C14H11ClF2N2O4. The van der Waals surface area contributed by atoms with Crippen molar-refractivity contribution >= 4 is 23.4 Å². The van der Waals surface area contributed by atoms with Gasteiger partial charge in [-0.15, -0.1) is 0 Å². The van der Waals surface area contributed by atoms with Crippen LogP contribution in [0, 0.1) is 18.6 Å². The topological polar surface area (TPSA) is 94.7 Å². The van der Waals surface area contributed by atoms with Gasteiger partial charge in [0, 0.05) is 0 Å². The first-order valence-corrected chi connectivity index (χ1v) is 6.53. The van der Waals surface area contributed by atoms with Crippen LogP contribution in [0.2, 0.25) is 5.02 Å². The highest BCUT2D eigenvalue weighted by Crippen LogP contribution is 2.38. The summed E-state index contributed by atoms with van der Waals surface area (Å²) in [6.07, 6.45) is -1.70. The van der Waals surface area contributed by atoms with E-state index in [2.05, 4.69) is 9.72 Å². The van der Waals surface area contributed by atoms with E-state index in [1.165, 1.54) is 14.0 Å². The summed E-state index contributed by atoms with van der Waals surface area (Å²) in [5, 5.41) is 8.36. The lowest BCUT2D eigenvalue weighted by atomic mass is 10.1. The number of methoxy groups -OCH3 is 1. The number of aromatic nitrogens is 1. The van der Waals surface area contributed by atoms with Gasteiger partial charge in [0.1, 0.15) is 10.8 Å². The van der Waals surface area contributed by atoms with Gasteiger partial charge in [-0.25, -0.2) is 18.6 Å². The lowest BCUT2D eigenvalue weighted by molar-refractivity contribution is 0.142. The second-order valence-corrected chi connectivity index (χ2v) is 4.86. The Hall–Kier alpha value is -2.61. The number of nitrogens with two attached hydrogens (primary N) is 1. The molecule has 0 aliphatic rings. The molecule has 0 spiro atoms. The molecule has 1 aromatic heterocycles. The highest BCUT2D eigenvalue weighted by Gasteiger charge is 2.23. The average Bonchev–Trinajstić information content (AvgIpc) is 2.43. The smallest absolute Gasteiger partial charge is 0.493 e. The Morgan fingerprint density at radius 3 is 2.61 bits per heavy atom. The largest absolute Gasteiger partial charge is 0.512 e. The van der Waals surface area contributed by atoms with Crippen molar-refractivity contribution < 1.29 is 28.2 Å². The standard InChI is InChI=1S/C14H11ClF2N2O4/c1-5-3-6(16)9(11(17)12(5)22-2)8-4-7(18)10(15)13(19-8)23-14(20)21/h3-4H,1-2H3,(H2,18,19)(H,20,21). The normalized spacial score (nSPS) is 10.5. The first-order valence-electron chi connectivity index (χ1n) is 6.16. The molecule has 0 unspecified atom stereocenters. The number of nitrogens with zero attached hydrogens (tertiary/aromatic N) is 1. The van der Waals surface area contributed by atoms with Crippen LogP contribution < -0.4 is 15.2 Å². The van der Waals surface area contributed by atoms with Crippen molar-refractivity contribution in [3.8, 4) is 22.9 Å². The minimum atomic E-state index is -1.70. The Bertz CT molecular complexity index is 799. The van der Waals surface area contributed by atoms with E-state index in [9.17, 15) is 13.6 Å². The van der Waals surface area contributed by atoms with Crippen LogP contribution >= 0.6 is 11.6 Å². The monoisotopic (exact) mass is 344 g/mol. The Kier molecular flexibility index (Phi) is 4.55. The van der Waals surface area contributed by atoms with Crippen molar-refractivity contribution in [2.75, 3.05) is 12.8 Å². The molecule has 1 aromatic carbocycles. The SMILES string of the molecule is COc1c(C)cc(F)c(-c2cc(N)c(Cl)c(OC(=O)O)n2)c1F. The van der Waals surface area contributed by atoms with Gasteiger partial charge >= 0.3 is 6.16 Å². The number of carboxylic acid groups (broad SMARTS) is 1. The summed E-state index contributed by atoms with van der Waals surface area (Å²) < 4.78 is 37.9. The number of hydrogen-bond donors (Lipinski definition) is 2. The van der Waals surface area contributed by atoms with E-state index in [1.807, 2.05) is 0 Å². The number of hydrogen-bond acceptors (Lipinski definition) is 5. The molecule has 23 heavy (non-hydrogen) atoms. The zero-order valence-corrected chi connectivity index (χ0v) is 12.7.